The van der Waals surface area contributed by atoms with Gasteiger partial charge in [0, 0.05) is 49.7 Å². The molecule has 0 spiro atoms. The van der Waals surface area contributed by atoms with Gasteiger partial charge in [-0.05, 0) is 25.5 Å². The molecule has 0 amide bonds. The topological polar surface area (TPSA) is 84.1 Å². The van der Waals surface area contributed by atoms with Crippen LogP contribution in [0.2, 0.25) is 0 Å². The van der Waals surface area contributed by atoms with Gasteiger partial charge in [-0.2, -0.15) is 4.98 Å². The van der Waals surface area contributed by atoms with Crippen molar-refractivity contribution < 1.29 is 4.52 Å². The first-order valence-corrected chi connectivity index (χ1v) is 11.3. The largest absolute Gasteiger partial charge is 0.354 e. The lowest BCUT2D eigenvalue weighted by Crippen LogP contribution is -2.46. The number of rotatable bonds is 6. The number of aromatic nitrogens is 5. The Morgan fingerprint density at radius 1 is 0.909 bits per heavy atom. The molecule has 8 nitrogen and oxygen atoms in total. The number of piperazine rings is 1. The lowest BCUT2D eigenvalue weighted by atomic mass is 10.1. The van der Waals surface area contributed by atoms with Crippen molar-refractivity contribution in [3.63, 3.8) is 0 Å². The third-order valence-corrected chi connectivity index (χ3v) is 5.85. The zero-order valence-electron chi connectivity index (χ0n) is 19.0. The fourth-order valence-electron chi connectivity index (χ4n) is 3.90. The van der Waals surface area contributed by atoms with Crippen LogP contribution in [-0.4, -0.2) is 56.2 Å². The van der Waals surface area contributed by atoms with Gasteiger partial charge in [-0.25, -0.2) is 9.97 Å². The van der Waals surface area contributed by atoms with E-state index in [1.807, 2.05) is 30.3 Å². The van der Waals surface area contributed by atoms with Crippen LogP contribution < -0.4 is 4.90 Å². The molecule has 3 aromatic heterocycles. The summed E-state index contributed by atoms with van der Waals surface area (Å²) < 4.78 is 5.51. The predicted octanol–water partition coefficient (Wildman–Crippen LogP) is 3.78. The van der Waals surface area contributed by atoms with Gasteiger partial charge in [0.05, 0.1) is 6.54 Å². The number of aryl methyl sites for hydroxylation is 2. The minimum absolute atomic E-state index is 0.638. The summed E-state index contributed by atoms with van der Waals surface area (Å²) in [6.45, 7) is 8.37. The van der Waals surface area contributed by atoms with Crippen molar-refractivity contribution in [1.29, 1.82) is 0 Å². The molecule has 33 heavy (non-hydrogen) atoms. The van der Waals surface area contributed by atoms with Crippen molar-refractivity contribution >= 4 is 5.82 Å². The molecule has 0 bridgehead atoms. The van der Waals surface area contributed by atoms with E-state index in [-0.39, 0.29) is 0 Å². The van der Waals surface area contributed by atoms with Crippen LogP contribution in [0.25, 0.3) is 22.9 Å². The highest BCUT2D eigenvalue weighted by atomic mass is 16.5. The highest BCUT2D eigenvalue weighted by Crippen LogP contribution is 2.21. The molecule has 0 unspecified atom stereocenters. The van der Waals surface area contributed by atoms with E-state index >= 15 is 0 Å². The van der Waals surface area contributed by atoms with Gasteiger partial charge < -0.3 is 9.42 Å². The van der Waals surface area contributed by atoms with Gasteiger partial charge in [-0.3, -0.25) is 9.88 Å². The smallest absolute Gasteiger partial charge is 0.241 e. The van der Waals surface area contributed by atoms with E-state index in [0.29, 0.717) is 24.1 Å². The van der Waals surface area contributed by atoms with E-state index in [1.165, 1.54) is 5.56 Å². The molecule has 1 aromatic carbocycles. The average Bonchev–Trinajstić information content (AvgIpc) is 3.33. The Labute approximate surface area is 193 Å². The second kappa shape index (κ2) is 9.46. The molecular formula is C25H27N7O. The number of benzene rings is 1. The molecule has 1 aliphatic rings. The molecule has 0 aliphatic carbocycles. The van der Waals surface area contributed by atoms with Crippen molar-refractivity contribution in [2.24, 2.45) is 0 Å². The summed E-state index contributed by atoms with van der Waals surface area (Å²) in [4.78, 5) is 23.2. The van der Waals surface area contributed by atoms with Gasteiger partial charge in [-0.1, -0.05) is 48.0 Å². The summed E-state index contributed by atoms with van der Waals surface area (Å²) in [7, 11) is 0. The molecule has 4 heterocycles. The molecule has 0 atom stereocenters. The minimum atomic E-state index is 0.638. The normalized spacial score (nSPS) is 14.5. The molecule has 1 fully saturated rings. The number of hydrogen-bond donors (Lipinski definition) is 0. The zero-order valence-corrected chi connectivity index (χ0v) is 19.0. The molecule has 168 valence electrons. The third-order valence-electron chi connectivity index (χ3n) is 5.85. The molecule has 0 N–H and O–H groups in total. The average molecular weight is 442 g/mol. The van der Waals surface area contributed by atoms with Crippen molar-refractivity contribution in [3.8, 4) is 22.9 Å². The molecule has 1 aliphatic heterocycles. The maximum Gasteiger partial charge on any atom is 0.241 e. The van der Waals surface area contributed by atoms with Crippen LogP contribution in [0.3, 0.4) is 0 Å². The molecule has 5 rings (SSSR count). The summed E-state index contributed by atoms with van der Waals surface area (Å²) in [5.74, 6) is 2.93. The van der Waals surface area contributed by atoms with Crippen LogP contribution in [0.5, 0.6) is 0 Å². The predicted molar refractivity (Wildman–Crippen MR) is 127 cm³/mol. The molecule has 8 heteroatoms. The standard InChI is InChI=1S/C25H27N7O/c1-3-20-16-22(28-25(27-20)21-6-4-5-11-26-21)32-14-12-31(13-15-32)17-23-29-24(30-33-23)19-9-7-18(2)8-10-19/h4-11,16H,3,12-15,17H2,1-2H3. The Kier molecular flexibility index (Phi) is 6.08. The van der Waals surface area contributed by atoms with Crippen LogP contribution in [0.4, 0.5) is 5.82 Å². The Morgan fingerprint density at radius 2 is 1.73 bits per heavy atom. The van der Waals surface area contributed by atoms with Crippen LogP contribution in [0.1, 0.15) is 24.1 Å². The maximum absolute atomic E-state index is 5.51. The number of anilines is 1. The molecular weight excluding hydrogens is 414 g/mol. The molecule has 4 aromatic rings. The third kappa shape index (κ3) is 4.90. The Balaban J connectivity index is 1.24. The fourth-order valence-corrected chi connectivity index (χ4v) is 3.90. The first-order valence-electron chi connectivity index (χ1n) is 11.3. The molecule has 1 saturated heterocycles. The summed E-state index contributed by atoms with van der Waals surface area (Å²) in [6.07, 6.45) is 2.63. The quantitative estimate of drug-likeness (QED) is 0.447. The summed E-state index contributed by atoms with van der Waals surface area (Å²) >= 11 is 0. The lowest BCUT2D eigenvalue weighted by Gasteiger charge is -2.34. The number of hydrogen-bond acceptors (Lipinski definition) is 8. The summed E-state index contributed by atoms with van der Waals surface area (Å²) in [5, 5.41) is 4.16. The van der Waals surface area contributed by atoms with Gasteiger partial charge in [0.2, 0.25) is 11.7 Å². The maximum atomic E-state index is 5.51. The fraction of sp³-hybridized carbons (Fsp3) is 0.320. The van der Waals surface area contributed by atoms with Gasteiger partial charge in [0.25, 0.3) is 0 Å². The summed E-state index contributed by atoms with van der Waals surface area (Å²) in [6, 6.07) is 16.1. The van der Waals surface area contributed by atoms with E-state index in [0.717, 1.165) is 55.4 Å². The van der Waals surface area contributed by atoms with E-state index < -0.39 is 0 Å². The highest BCUT2D eigenvalue weighted by Gasteiger charge is 2.21. The van der Waals surface area contributed by atoms with E-state index in [9.17, 15) is 0 Å². The SMILES string of the molecule is CCc1cc(N2CCN(Cc3nc(-c4ccc(C)cc4)no3)CC2)nc(-c2ccccn2)n1. The Morgan fingerprint density at radius 3 is 2.45 bits per heavy atom. The van der Waals surface area contributed by atoms with Crippen LogP contribution in [0, 0.1) is 6.92 Å². The molecule has 0 saturated carbocycles. The molecule has 0 radical (unpaired) electrons. The Bertz CT molecular complexity index is 1200. The second-order valence-electron chi connectivity index (χ2n) is 8.25. The van der Waals surface area contributed by atoms with Gasteiger partial charge in [0.1, 0.15) is 11.5 Å². The minimum Gasteiger partial charge on any atom is -0.354 e. The number of nitrogens with zero attached hydrogens (tertiary/aromatic N) is 7. The number of pyridine rings is 1. The van der Waals surface area contributed by atoms with Crippen LogP contribution in [0.15, 0.2) is 59.3 Å². The Hall–Kier alpha value is -3.65. The highest BCUT2D eigenvalue weighted by molar-refractivity contribution is 5.55. The lowest BCUT2D eigenvalue weighted by molar-refractivity contribution is 0.215. The first kappa shape index (κ1) is 21.2. The van der Waals surface area contributed by atoms with Crippen LogP contribution in [-0.2, 0) is 13.0 Å². The van der Waals surface area contributed by atoms with Crippen molar-refractivity contribution in [3.05, 3.63) is 71.9 Å². The van der Waals surface area contributed by atoms with E-state index in [1.54, 1.807) is 6.20 Å². The van der Waals surface area contributed by atoms with Crippen molar-refractivity contribution in [1.82, 2.24) is 30.0 Å². The van der Waals surface area contributed by atoms with Crippen molar-refractivity contribution in [2.75, 3.05) is 31.1 Å². The van der Waals surface area contributed by atoms with E-state index in [2.05, 4.69) is 62.0 Å². The monoisotopic (exact) mass is 441 g/mol. The van der Waals surface area contributed by atoms with E-state index in [4.69, 9.17) is 9.51 Å². The zero-order chi connectivity index (χ0) is 22.6. The van der Waals surface area contributed by atoms with Crippen LogP contribution >= 0.6 is 0 Å². The summed E-state index contributed by atoms with van der Waals surface area (Å²) in [5.41, 5.74) is 4.01. The van der Waals surface area contributed by atoms with Gasteiger partial charge in [0.15, 0.2) is 5.82 Å². The van der Waals surface area contributed by atoms with Gasteiger partial charge in [-0.15, -0.1) is 0 Å². The van der Waals surface area contributed by atoms with Gasteiger partial charge >= 0.3 is 0 Å². The first-order chi connectivity index (χ1) is 16.2. The van der Waals surface area contributed by atoms with Crippen molar-refractivity contribution in [2.45, 2.75) is 26.8 Å². The second-order valence-corrected chi connectivity index (χ2v) is 8.25.